The zero-order valence-corrected chi connectivity index (χ0v) is 15.1. The molecule has 1 N–H and O–H groups in total. The Bertz CT molecular complexity index is 581. The third-order valence-electron chi connectivity index (χ3n) is 4.04. The third kappa shape index (κ3) is 6.05. The van der Waals surface area contributed by atoms with Crippen LogP contribution in [0.5, 0.6) is 0 Å². The van der Waals surface area contributed by atoms with Crippen molar-refractivity contribution in [2.24, 2.45) is 5.92 Å². The molecule has 0 unspecified atom stereocenters. The van der Waals surface area contributed by atoms with Gasteiger partial charge in [-0.05, 0) is 38.7 Å². The molecule has 0 saturated carbocycles. The number of nitrogens with zero attached hydrogens (tertiary/aromatic N) is 1. The van der Waals surface area contributed by atoms with Gasteiger partial charge in [-0.25, -0.2) is 4.79 Å². The van der Waals surface area contributed by atoms with Crippen molar-refractivity contribution in [1.82, 2.24) is 4.90 Å². The second-order valence-corrected chi connectivity index (χ2v) is 7.42. The summed E-state index contributed by atoms with van der Waals surface area (Å²) in [5.74, 6) is -0.329. The number of amides is 1. The lowest BCUT2D eigenvalue weighted by atomic mass is 10.0. The van der Waals surface area contributed by atoms with Gasteiger partial charge in [0.15, 0.2) is 0 Å². The SMILES string of the molecule is CC(C)(C)OC(=O)N1C[C@H](CC(=O)OCc2ccccc2)C[C@H]1CO. The molecule has 6 heteroatoms. The van der Waals surface area contributed by atoms with Crippen LogP contribution in [-0.4, -0.2) is 46.9 Å². The second kappa shape index (κ2) is 8.34. The van der Waals surface area contributed by atoms with Gasteiger partial charge in [0, 0.05) is 6.54 Å². The fourth-order valence-corrected chi connectivity index (χ4v) is 2.91. The van der Waals surface area contributed by atoms with Crippen molar-refractivity contribution in [3.05, 3.63) is 35.9 Å². The van der Waals surface area contributed by atoms with Crippen LogP contribution in [0.15, 0.2) is 30.3 Å². The minimum Gasteiger partial charge on any atom is -0.461 e. The Morgan fingerprint density at radius 2 is 1.92 bits per heavy atom. The van der Waals surface area contributed by atoms with E-state index in [4.69, 9.17) is 9.47 Å². The molecule has 0 aliphatic carbocycles. The molecular formula is C19H27NO5. The van der Waals surface area contributed by atoms with Crippen LogP contribution in [0.3, 0.4) is 0 Å². The summed E-state index contributed by atoms with van der Waals surface area (Å²) in [5, 5.41) is 9.52. The Morgan fingerprint density at radius 1 is 1.24 bits per heavy atom. The largest absolute Gasteiger partial charge is 0.461 e. The van der Waals surface area contributed by atoms with Crippen LogP contribution in [-0.2, 0) is 20.9 Å². The summed E-state index contributed by atoms with van der Waals surface area (Å²) in [6.45, 7) is 5.88. The van der Waals surface area contributed by atoms with E-state index in [1.807, 2.05) is 30.3 Å². The Labute approximate surface area is 148 Å². The summed E-state index contributed by atoms with van der Waals surface area (Å²) < 4.78 is 10.7. The fraction of sp³-hybridized carbons (Fsp3) is 0.579. The number of esters is 1. The maximum absolute atomic E-state index is 12.2. The normalized spacial score (nSPS) is 20.4. The first kappa shape index (κ1) is 19.2. The quantitative estimate of drug-likeness (QED) is 0.827. The van der Waals surface area contributed by atoms with Crippen molar-refractivity contribution in [3.63, 3.8) is 0 Å². The van der Waals surface area contributed by atoms with Crippen molar-refractivity contribution < 1.29 is 24.2 Å². The molecular weight excluding hydrogens is 322 g/mol. The summed E-state index contributed by atoms with van der Waals surface area (Å²) in [6, 6.07) is 9.17. The first-order valence-electron chi connectivity index (χ1n) is 8.58. The van der Waals surface area contributed by atoms with E-state index in [9.17, 15) is 14.7 Å². The number of aliphatic hydroxyl groups excluding tert-OH is 1. The van der Waals surface area contributed by atoms with Crippen molar-refractivity contribution in [2.45, 2.75) is 51.9 Å². The Hall–Kier alpha value is -2.08. The maximum Gasteiger partial charge on any atom is 0.410 e. The van der Waals surface area contributed by atoms with Gasteiger partial charge in [-0.15, -0.1) is 0 Å². The van der Waals surface area contributed by atoms with Crippen LogP contribution in [0, 0.1) is 5.92 Å². The number of hydrogen-bond acceptors (Lipinski definition) is 5. The molecule has 6 nitrogen and oxygen atoms in total. The summed E-state index contributed by atoms with van der Waals surface area (Å²) in [7, 11) is 0. The molecule has 0 spiro atoms. The smallest absolute Gasteiger partial charge is 0.410 e. The van der Waals surface area contributed by atoms with Crippen LogP contribution < -0.4 is 0 Å². The van der Waals surface area contributed by atoms with Gasteiger partial charge in [0.25, 0.3) is 0 Å². The number of likely N-dealkylation sites (tertiary alicyclic amines) is 1. The number of carbonyl (C=O) groups excluding carboxylic acids is 2. The number of benzene rings is 1. The van der Waals surface area contributed by atoms with Crippen LogP contribution >= 0.6 is 0 Å². The molecule has 0 aromatic heterocycles. The molecule has 1 aromatic rings. The molecule has 1 saturated heterocycles. The molecule has 1 aromatic carbocycles. The lowest BCUT2D eigenvalue weighted by molar-refractivity contribution is -0.146. The van der Waals surface area contributed by atoms with E-state index in [2.05, 4.69) is 0 Å². The number of carbonyl (C=O) groups is 2. The maximum atomic E-state index is 12.2. The topological polar surface area (TPSA) is 76.1 Å². The van der Waals surface area contributed by atoms with Gasteiger partial charge in [-0.1, -0.05) is 30.3 Å². The van der Waals surface area contributed by atoms with E-state index in [-0.39, 0.29) is 37.6 Å². The van der Waals surface area contributed by atoms with E-state index < -0.39 is 11.7 Å². The average Bonchev–Trinajstić information content (AvgIpc) is 2.95. The second-order valence-electron chi connectivity index (χ2n) is 7.42. The lowest BCUT2D eigenvalue weighted by Gasteiger charge is -2.27. The molecule has 25 heavy (non-hydrogen) atoms. The van der Waals surface area contributed by atoms with Gasteiger partial charge < -0.3 is 19.5 Å². The van der Waals surface area contributed by atoms with Gasteiger partial charge in [-0.2, -0.15) is 0 Å². The van der Waals surface area contributed by atoms with Crippen LogP contribution in [0.25, 0.3) is 0 Å². The van der Waals surface area contributed by atoms with Gasteiger partial charge in [0.1, 0.15) is 12.2 Å². The predicted octanol–water partition coefficient (Wildman–Crippen LogP) is 2.74. The van der Waals surface area contributed by atoms with E-state index in [0.717, 1.165) is 5.56 Å². The molecule has 1 aliphatic heterocycles. The van der Waals surface area contributed by atoms with Gasteiger partial charge in [0.2, 0.25) is 0 Å². The van der Waals surface area contributed by atoms with E-state index >= 15 is 0 Å². The molecule has 2 atom stereocenters. The fourth-order valence-electron chi connectivity index (χ4n) is 2.91. The van der Waals surface area contributed by atoms with Crippen molar-refractivity contribution in [2.75, 3.05) is 13.2 Å². The summed E-state index contributed by atoms with van der Waals surface area (Å²) in [5.41, 5.74) is 0.343. The number of ether oxygens (including phenoxy) is 2. The highest BCUT2D eigenvalue weighted by Gasteiger charge is 2.38. The lowest BCUT2D eigenvalue weighted by Crippen LogP contribution is -2.41. The first-order chi connectivity index (χ1) is 11.8. The zero-order chi connectivity index (χ0) is 18.4. The molecule has 1 fully saturated rings. The average molecular weight is 349 g/mol. The third-order valence-corrected chi connectivity index (χ3v) is 4.04. The summed E-state index contributed by atoms with van der Waals surface area (Å²) in [4.78, 5) is 25.8. The van der Waals surface area contributed by atoms with Crippen molar-refractivity contribution in [3.8, 4) is 0 Å². The molecule has 1 aliphatic rings. The number of aliphatic hydroxyl groups is 1. The predicted molar refractivity (Wildman–Crippen MR) is 92.8 cm³/mol. The van der Waals surface area contributed by atoms with Crippen molar-refractivity contribution in [1.29, 1.82) is 0 Å². The minimum atomic E-state index is -0.593. The Morgan fingerprint density at radius 3 is 2.52 bits per heavy atom. The van der Waals surface area contributed by atoms with E-state index in [0.29, 0.717) is 13.0 Å². The van der Waals surface area contributed by atoms with Gasteiger partial charge in [0.05, 0.1) is 19.1 Å². The molecule has 138 valence electrons. The molecule has 0 radical (unpaired) electrons. The summed E-state index contributed by atoms with van der Waals surface area (Å²) >= 11 is 0. The number of rotatable bonds is 5. The monoisotopic (exact) mass is 349 g/mol. The highest BCUT2D eigenvalue weighted by molar-refractivity contribution is 5.71. The highest BCUT2D eigenvalue weighted by Crippen LogP contribution is 2.27. The highest BCUT2D eigenvalue weighted by atomic mass is 16.6. The van der Waals surface area contributed by atoms with Crippen molar-refractivity contribution >= 4 is 12.1 Å². The van der Waals surface area contributed by atoms with E-state index in [1.165, 1.54) is 4.90 Å². The Balaban J connectivity index is 1.84. The zero-order valence-electron chi connectivity index (χ0n) is 15.1. The van der Waals surface area contributed by atoms with E-state index in [1.54, 1.807) is 20.8 Å². The minimum absolute atomic E-state index is 0.0343. The molecule has 2 rings (SSSR count). The number of hydrogen-bond donors (Lipinski definition) is 1. The Kier molecular flexibility index (Phi) is 6.42. The first-order valence-corrected chi connectivity index (χ1v) is 8.58. The van der Waals surface area contributed by atoms with Gasteiger partial charge in [-0.3, -0.25) is 4.79 Å². The van der Waals surface area contributed by atoms with Gasteiger partial charge >= 0.3 is 12.1 Å². The standard InChI is InChI=1S/C19H27NO5/c1-19(2,3)25-18(23)20-11-15(9-16(20)12-21)10-17(22)24-13-14-7-5-4-6-8-14/h4-8,15-16,21H,9-13H2,1-3H3/t15-,16-/m0/s1. The molecule has 1 amide bonds. The molecule has 1 heterocycles. The van der Waals surface area contributed by atoms with Crippen LogP contribution in [0.1, 0.15) is 39.2 Å². The summed E-state index contributed by atoms with van der Waals surface area (Å²) in [6.07, 6.45) is 0.338. The molecule has 0 bridgehead atoms. The van der Waals surface area contributed by atoms with Crippen LogP contribution in [0.2, 0.25) is 0 Å². The van der Waals surface area contributed by atoms with Crippen LogP contribution in [0.4, 0.5) is 4.79 Å².